The number of furan rings is 1. The number of nitrogens with one attached hydrogen (secondary N) is 1. The quantitative estimate of drug-likeness (QED) is 0.552. The third-order valence-electron chi connectivity index (χ3n) is 2.57. The van der Waals surface area contributed by atoms with Crippen molar-refractivity contribution in [1.29, 1.82) is 0 Å². The van der Waals surface area contributed by atoms with Crippen molar-refractivity contribution in [1.82, 2.24) is 10.3 Å². The molecular formula is C10H17N3O. The molecule has 0 aliphatic carbocycles. The molecular weight excluding hydrogens is 178 g/mol. The van der Waals surface area contributed by atoms with Gasteiger partial charge in [0.2, 0.25) is 0 Å². The van der Waals surface area contributed by atoms with Crippen LogP contribution in [0.15, 0.2) is 16.5 Å². The Morgan fingerprint density at radius 2 is 2.00 bits per heavy atom. The third kappa shape index (κ3) is 2.35. The van der Waals surface area contributed by atoms with Crippen molar-refractivity contribution in [2.45, 2.75) is 25.9 Å². The maximum absolute atomic E-state index is 5.60. The molecule has 1 saturated heterocycles. The van der Waals surface area contributed by atoms with Crippen molar-refractivity contribution < 1.29 is 4.42 Å². The fourth-order valence-electron chi connectivity index (χ4n) is 1.86. The lowest BCUT2D eigenvalue weighted by atomic mass is 10.4. The van der Waals surface area contributed by atoms with Gasteiger partial charge >= 0.3 is 0 Å². The first-order valence-electron chi connectivity index (χ1n) is 5.12. The SMILES string of the molecule is NNCc1ccc(CN2CCCC2)o1. The van der Waals surface area contributed by atoms with Crippen LogP contribution in [-0.2, 0) is 13.1 Å². The standard InChI is InChI=1S/C10H17N3O/c11-12-7-9-3-4-10(14-9)8-13-5-1-2-6-13/h3-4,12H,1-2,5-8,11H2. The van der Waals surface area contributed by atoms with Crippen molar-refractivity contribution in [2.24, 2.45) is 5.84 Å². The van der Waals surface area contributed by atoms with Crippen LogP contribution in [0, 0.1) is 0 Å². The Bertz CT molecular complexity index is 279. The van der Waals surface area contributed by atoms with Gasteiger partial charge in [-0.15, -0.1) is 0 Å². The summed E-state index contributed by atoms with van der Waals surface area (Å²) < 4.78 is 5.60. The Morgan fingerprint density at radius 1 is 1.29 bits per heavy atom. The van der Waals surface area contributed by atoms with Crippen LogP contribution in [0.25, 0.3) is 0 Å². The second-order valence-electron chi connectivity index (χ2n) is 3.73. The van der Waals surface area contributed by atoms with E-state index in [1.54, 1.807) is 0 Å². The molecule has 1 aliphatic heterocycles. The molecule has 0 unspecified atom stereocenters. The van der Waals surface area contributed by atoms with Crippen molar-refractivity contribution in [3.63, 3.8) is 0 Å². The molecule has 1 fully saturated rings. The van der Waals surface area contributed by atoms with Gasteiger partial charge in [-0.05, 0) is 38.1 Å². The second kappa shape index (κ2) is 4.59. The number of hydrogen-bond acceptors (Lipinski definition) is 4. The Kier molecular flexibility index (Phi) is 3.18. The first-order valence-corrected chi connectivity index (χ1v) is 5.12. The van der Waals surface area contributed by atoms with Crippen LogP contribution in [0.1, 0.15) is 24.4 Å². The van der Waals surface area contributed by atoms with Crippen LogP contribution in [0.3, 0.4) is 0 Å². The van der Waals surface area contributed by atoms with Gasteiger partial charge in [-0.3, -0.25) is 16.2 Å². The van der Waals surface area contributed by atoms with Gasteiger partial charge < -0.3 is 4.42 Å². The molecule has 78 valence electrons. The van der Waals surface area contributed by atoms with E-state index in [1.807, 2.05) is 12.1 Å². The molecule has 2 heterocycles. The van der Waals surface area contributed by atoms with Crippen LogP contribution < -0.4 is 11.3 Å². The summed E-state index contributed by atoms with van der Waals surface area (Å²) in [7, 11) is 0. The van der Waals surface area contributed by atoms with E-state index >= 15 is 0 Å². The molecule has 0 saturated carbocycles. The first kappa shape index (κ1) is 9.71. The van der Waals surface area contributed by atoms with Crippen molar-refractivity contribution >= 4 is 0 Å². The molecule has 0 bridgehead atoms. The number of hydrogen-bond donors (Lipinski definition) is 2. The highest BCUT2D eigenvalue weighted by Crippen LogP contribution is 2.14. The summed E-state index contributed by atoms with van der Waals surface area (Å²) in [5, 5.41) is 0. The molecule has 4 nitrogen and oxygen atoms in total. The van der Waals surface area contributed by atoms with Gasteiger partial charge in [0, 0.05) is 0 Å². The lowest BCUT2D eigenvalue weighted by molar-refractivity contribution is 0.292. The number of rotatable bonds is 4. The Morgan fingerprint density at radius 3 is 2.71 bits per heavy atom. The molecule has 0 amide bonds. The molecule has 1 aromatic heterocycles. The number of hydrazine groups is 1. The Hall–Kier alpha value is -0.840. The summed E-state index contributed by atoms with van der Waals surface area (Å²) in [6, 6.07) is 4.01. The van der Waals surface area contributed by atoms with Crippen molar-refractivity contribution in [3.05, 3.63) is 23.7 Å². The fourth-order valence-corrected chi connectivity index (χ4v) is 1.86. The lowest BCUT2D eigenvalue weighted by Gasteiger charge is -2.11. The normalized spacial score (nSPS) is 17.8. The summed E-state index contributed by atoms with van der Waals surface area (Å²) in [5.74, 6) is 7.16. The number of nitrogens with two attached hydrogens (primary N) is 1. The topological polar surface area (TPSA) is 54.4 Å². The van der Waals surface area contributed by atoms with E-state index in [-0.39, 0.29) is 0 Å². The van der Waals surface area contributed by atoms with Crippen molar-refractivity contribution in [2.75, 3.05) is 13.1 Å². The van der Waals surface area contributed by atoms with Gasteiger partial charge in [-0.2, -0.15) is 0 Å². The highest BCUT2D eigenvalue weighted by atomic mass is 16.3. The minimum Gasteiger partial charge on any atom is -0.463 e. The van der Waals surface area contributed by atoms with Crippen LogP contribution >= 0.6 is 0 Å². The van der Waals surface area contributed by atoms with Gasteiger partial charge in [0.25, 0.3) is 0 Å². The molecule has 1 aliphatic rings. The molecule has 0 spiro atoms. The second-order valence-corrected chi connectivity index (χ2v) is 3.73. The van der Waals surface area contributed by atoms with E-state index in [1.165, 1.54) is 25.9 Å². The molecule has 4 heteroatoms. The van der Waals surface area contributed by atoms with E-state index in [4.69, 9.17) is 10.3 Å². The van der Waals surface area contributed by atoms with Crippen LogP contribution in [-0.4, -0.2) is 18.0 Å². The van der Waals surface area contributed by atoms with E-state index in [9.17, 15) is 0 Å². The van der Waals surface area contributed by atoms with Crippen LogP contribution in [0.5, 0.6) is 0 Å². The molecule has 0 aromatic carbocycles. The average molecular weight is 195 g/mol. The minimum absolute atomic E-state index is 0.597. The fraction of sp³-hybridized carbons (Fsp3) is 0.600. The van der Waals surface area contributed by atoms with Gasteiger partial charge in [0.15, 0.2) is 0 Å². The highest BCUT2D eigenvalue weighted by molar-refractivity contribution is 5.07. The molecule has 3 N–H and O–H groups in total. The first-order chi connectivity index (χ1) is 6.88. The number of likely N-dealkylation sites (tertiary alicyclic amines) is 1. The summed E-state index contributed by atoms with van der Waals surface area (Å²) in [4.78, 5) is 2.42. The molecule has 14 heavy (non-hydrogen) atoms. The molecule has 1 aromatic rings. The van der Waals surface area contributed by atoms with E-state index < -0.39 is 0 Å². The minimum atomic E-state index is 0.597. The van der Waals surface area contributed by atoms with Crippen LogP contribution in [0.4, 0.5) is 0 Å². The van der Waals surface area contributed by atoms with E-state index in [2.05, 4.69) is 10.3 Å². The maximum atomic E-state index is 5.60. The number of nitrogens with zero attached hydrogens (tertiary/aromatic N) is 1. The van der Waals surface area contributed by atoms with Gasteiger partial charge in [-0.1, -0.05) is 0 Å². The summed E-state index contributed by atoms with van der Waals surface area (Å²) >= 11 is 0. The molecule has 2 rings (SSSR count). The summed E-state index contributed by atoms with van der Waals surface area (Å²) in [6.07, 6.45) is 2.63. The lowest BCUT2D eigenvalue weighted by Crippen LogP contribution is -2.20. The predicted octanol–water partition coefficient (Wildman–Crippen LogP) is 0.839. The zero-order chi connectivity index (χ0) is 9.80. The van der Waals surface area contributed by atoms with Gasteiger partial charge in [0.1, 0.15) is 11.5 Å². The largest absolute Gasteiger partial charge is 0.463 e. The molecule has 0 atom stereocenters. The highest BCUT2D eigenvalue weighted by Gasteiger charge is 2.13. The average Bonchev–Trinajstić information content (AvgIpc) is 2.79. The Labute approximate surface area is 84.0 Å². The predicted molar refractivity (Wildman–Crippen MR) is 54.2 cm³/mol. The zero-order valence-electron chi connectivity index (χ0n) is 8.33. The monoisotopic (exact) mass is 195 g/mol. The third-order valence-corrected chi connectivity index (χ3v) is 2.57. The van der Waals surface area contributed by atoms with E-state index in [0.717, 1.165) is 18.1 Å². The maximum Gasteiger partial charge on any atom is 0.119 e. The summed E-state index contributed by atoms with van der Waals surface area (Å²) in [6.45, 7) is 3.93. The van der Waals surface area contributed by atoms with Crippen molar-refractivity contribution in [3.8, 4) is 0 Å². The van der Waals surface area contributed by atoms with Gasteiger partial charge in [0.05, 0.1) is 13.1 Å². The van der Waals surface area contributed by atoms with E-state index in [0.29, 0.717) is 6.54 Å². The zero-order valence-corrected chi connectivity index (χ0v) is 8.33. The van der Waals surface area contributed by atoms with Crippen LogP contribution in [0.2, 0.25) is 0 Å². The summed E-state index contributed by atoms with van der Waals surface area (Å²) in [5.41, 5.74) is 2.58. The molecule has 0 radical (unpaired) electrons. The van der Waals surface area contributed by atoms with Gasteiger partial charge in [-0.25, -0.2) is 0 Å². The smallest absolute Gasteiger partial charge is 0.119 e. The Balaban J connectivity index is 1.88.